The van der Waals surface area contributed by atoms with E-state index in [0.29, 0.717) is 17.3 Å². The number of nitrogens with zero attached hydrogens (tertiary/aromatic N) is 1. The fourth-order valence-electron chi connectivity index (χ4n) is 1.89. The van der Waals surface area contributed by atoms with Crippen molar-refractivity contribution in [2.45, 2.75) is 32.2 Å². The van der Waals surface area contributed by atoms with Crippen LogP contribution in [0.25, 0.3) is 0 Å². The second kappa shape index (κ2) is 4.33. The first-order chi connectivity index (χ1) is 8.03. The number of pyridine rings is 1. The SMILES string of the molecule is CC(C)(NC(=O)c1ccc(NN)nc1)C1CC1. The summed E-state index contributed by atoms with van der Waals surface area (Å²) in [5.74, 6) is 6.27. The van der Waals surface area contributed by atoms with Gasteiger partial charge in [0.05, 0.1) is 5.56 Å². The quantitative estimate of drug-likeness (QED) is 0.541. The summed E-state index contributed by atoms with van der Waals surface area (Å²) in [6.07, 6.45) is 3.91. The summed E-state index contributed by atoms with van der Waals surface area (Å²) >= 11 is 0. The molecule has 5 heteroatoms. The number of amides is 1. The molecular formula is C12H18N4O. The van der Waals surface area contributed by atoms with E-state index < -0.39 is 0 Å². The fraction of sp³-hybridized carbons (Fsp3) is 0.500. The molecule has 1 aromatic rings. The molecule has 17 heavy (non-hydrogen) atoms. The van der Waals surface area contributed by atoms with Crippen LogP contribution in [0, 0.1) is 5.92 Å². The highest BCUT2D eigenvalue weighted by molar-refractivity contribution is 5.94. The van der Waals surface area contributed by atoms with E-state index in [-0.39, 0.29) is 11.4 Å². The molecule has 0 aliphatic heterocycles. The maximum absolute atomic E-state index is 12.0. The zero-order chi connectivity index (χ0) is 12.5. The van der Waals surface area contributed by atoms with Gasteiger partial charge in [-0.3, -0.25) is 4.79 Å². The molecule has 0 bridgehead atoms. The average Bonchev–Trinajstić information content (AvgIpc) is 3.12. The molecule has 0 spiro atoms. The summed E-state index contributed by atoms with van der Waals surface area (Å²) in [6, 6.07) is 3.39. The van der Waals surface area contributed by atoms with Crippen molar-refractivity contribution in [1.82, 2.24) is 10.3 Å². The molecule has 92 valence electrons. The van der Waals surface area contributed by atoms with Crippen LogP contribution in [-0.4, -0.2) is 16.4 Å². The number of nitrogen functional groups attached to an aromatic ring is 1. The molecule has 1 aliphatic rings. The minimum absolute atomic E-state index is 0.0852. The van der Waals surface area contributed by atoms with E-state index in [2.05, 4.69) is 29.6 Å². The third-order valence-corrected chi connectivity index (χ3v) is 3.21. The molecule has 1 heterocycles. The van der Waals surface area contributed by atoms with Crippen molar-refractivity contribution in [1.29, 1.82) is 0 Å². The van der Waals surface area contributed by atoms with Crippen LogP contribution in [0.3, 0.4) is 0 Å². The van der Waals surface area contributed by atoms with E-state index in [9.17, 15) is 4.79 Å². The Balaban J connectivity index is 2.03. The molecule has 4 N–H and O–H groups in total. The van der Waals surface area contributed by atoms with Crippen LogP contribution in [0.5, 0.6) is 0 Å². The average molecular weight is 234 g/mol. The first kappa shape index (κ1) is 11.9. The number of carbonyl (C=O) groups excluding carboxylic acids is 1. The van der Waals surface area contributed by atoms with Crippen LogP contribution in [0.4, 0.5) is 5.82 Å². The number of aromatic nitrogens is 1. The molecule has 1 aliphatic carbocycles. The van der Waals surface area contributed by atoms with Gasteiger partial charge in [0.1, 0.15) is 5.82 Å². The first-order valence-corrected chi connectivity index (χ1v) is 5.78. The highest BCUT2D eigenvalue weighted by Gasteiger charge is 2.38. The van der Waals surface area contributed by atoms with Crippen molar-refractivity contribution >= 4 is 11.7 Å². The topological polar surface area (TPSA) is 80.0 Å². The summed E-state index contributed by atoms with van der Waals surface area (Å²) in [7, 11) is 0. The van der Waals surface area contributed by atoms with Gasteiger partial charge in [-0.05, 0) is 44.7 Å². The Morgan fingerprint density at radius 2 is 2.18 bits per heavy atom. The molecule has 2 rings (SSSR count). The highest BCUT2D eigenvalue weighted by Crippen LogP contribution is 2.39. The predicted octanol–water partition coefficient (Wildman–Crippen LogP) is 1.29. The number of nitrogens with two attached hydrogens (primary N) is 1. The van der Waals surface area contributed by atoms with Gasteiger partial charge in [0.2, 0.25) is 0 Å². The second-order valence-corrected chi connectivity index (χ2v) is 5.03. The van der Waals surface area contributed by atoms with Crippen molar-refractivity contribution in [2.24, 2.45) is 11.8 Å². The number of nitrogens with one attached hydrogen (secondary N) is 2. The molecule has 1 aromatic heterocycles. The van der Waals surface area contributed by atoms with Gasteiger partial charge in [-0.25, -0.2) is 10.8 Å². The van der Waals surface area contributed by atoms with Crippen molar-refractivity contribution in [3.05, 3.63) is 23.9 Å². The van der Waals surface area contributed by atoms with Crippen molar-refractivity contribution in [3.8, 4) is 0 Å². The first-order valence-electron chi connectivity index (χ1n) is 5.78. The molecule has 0 aromatic carbocycles. The predicted molar refractivity (Wildman–Crippen MR) is 66.3 cm³/mol. The molecule has 0 radical (unpaired) electrons. The lowest BCUT2D eigenvalue weighted by Gasteiger charge is -2.26. The lowest BCUT2D eigenvalue weighted by molar-refractivity contribution is 0.0903. The Hall–Kier alpha value is -1.62. The van der Waals surface area contributed by atoms with Gasteiger partial charge in [0.15, 0.2) is 0 Å². The Kier molecular flexibility index (Phi) is 3.02. The third kappa shape index (κ3) is 2.74. The smallest absolute Gasteiger partial charge is 0.253 e. The molecule has 1 amide bonds. The number of rotatable bonds is 4. The van der Waals surface area contributed by atoms with Crippen molar-refractivity contribution < 1.29 is 4.79 Å². The van der Waals surface area contributed by atoms with Crippen LogP contribution in [-0.2, 0) is 0 Å². The Bertz CT molecular complexity index is 409. The summed E-state index contributed by atoms with van der Waals surface area (Å²) in [5.41, 5.74) is 2.84. The van der Waals surface area contributed by atoms with Crippen molar-refractivity contribution in [2.75, 3.05) is 5.43 Å². The highest BCUT2D eigenvalue weighted by atomic mass is 16.1. The normalized spacial score (nSPS) is 15.5. The van der Waals surface area contributed by atoms with E-state index in [1.807, 2.05) is 0 Å². The zero-order valence-corrected chi connectivity index (χ0v) is 10.2. The maximum Gasteiger partial charge on any atom is 0.253 e. The van der Waals surface area contributed by atoms with Gasteiger partial charge in [-0.15, -0.1) is 0 Å². The lowest BCUT2D eigenvalue weighted by Crippen LogP contribution is -2.45. The minimum atomic E-state index is -0.137. The minimum Gasteiger partial charge on any atom is -0.347 e. The van der Waals surface area contributed by atoms with Crippen LogP contribution < -0.4 is 16.6 Å². The molecule has 0 saturated heterocycles. The van der Waals surface area contributed by atoms with E-state index in [4.69, 9.17) is 5.84 Å². The lowest BCUT2D eigenvalue weighted by atomic mass is 9.98. The van der Waals surface area contributed by atoms with Gasteiger partial charge in [-0.2, -0.15) is 0 Å². The third-order valence-electron chi connectivity index (χ3n) is 3.21. The van der Waals surface area contributed by atoms with Crippen LogP contribution in [0.15, 0.2) is 18.3 Å². The summed E-state index contributed by atoms with van der Waals surface area (Å²) in [5, 5.41) is 3.04. The number of hydrazine groups is 1. The van der Waals surface area contributed by atoms with E-state index in [0.717, 1.165) is 0 Å². The van der Waals surface area contributed by atoms with Gasteiger partial charge in [-0.1, -0.05) is 0 Å². The molecule has 5 nitrogen and oxygen atoms in total. The zero-order valence-electron chi connectivity index (χ0n) is 10.2. The van der Waals surface area contributed by atoms with E-state index in [1.165, 1.54) is 19.0 Å². The standard InChI is InChI=1S/C12H18N4O/c1-12(2,9-4-5-9)15-11(17)8-3-6-10(16-13)14-7-8/h3,6-7,9H,4-5,13H2,1-2H3,(H,14,16)(H,15,17). The summed E-state index contributed by atoms with van der Waals surface area (Å²) in [6.45, 7) is 4.12. The Morgan fingerprint density at radius 3 is 2.65 bits per heavy atom. The molecule has 0 atom stereocenters. The molecule has 1 saturated carbocycles. The summed E-state index contributed by atoms with van der Waals surface area (Å²) < 4.78 is 0. The van der Waals surface area contributed by atoms with Gasteiger partial charge in [0.25, 0.3) is 5.91 Å². The van der Waals surface area contributed by atoms with Gasteiger partial charge < -0.3 is 10.7 Å². The molecule has 1 fully saturated rings. The van der Waals surface area contributed by atoms with E-state index in [1.54, 1.807) is 12.1 Å². The van der Waals surface area contributed by atoms with Gasteiger partial charge >= 0.3 is 0 Å². The Morgan fingerprint density at radius 1 is 1.47 bits per heavy atom. The van der Waals surface area contributed by atoms with Crippen LogP contribution in [0.2, 0.25) is 0 Å². The van der Waals surface area contributed by atoms with Crippen LogP contribution in [0.1, 0.15) is 37.0 Å². The number of hydrogen-bond acceptors (Lipinski definition) is 4. The molecule has 0 unspecified atom stereocenters. The fourth-order valence-corrected chi connectivity index (χ4v) is 1.89. The largest absolute Gasteiger partial charge is 0.347 e. The molecular weight excluding hydrogens is 216 g/mol. The number of hydrogen-bond donors (Lipinski definition) is 3. The van der Waals surface area contributed by atoms with E-state index >= 15 is 0 Å². The van der Waals surface area contributed by atoms with Crippen LogP contribution >= 0.6 is 0 Å². The summed E-state index contributed by atoms with van der Waals surface area (Å²) in [4.78, 5) is 16.0. The van der Waals surface area contributed by atoms with Crippen molar-refractivity contribution in [3.63, 3.8) is 0 Å². The maximum atomic E-state index is 12.0. The monoisotopic (exact) mass is 234 g/mol. The Labute approximate surface area is 101 Å². The second-order valence-electron chi connectivity index (χ2n) is 5.03. The number of anilines is 1. The number of carbonyl (C=O) groups is 1. The van der Waals surface area contributed by atoms with Gasteiger partial charge in [0, 0.05) is 11.7 Å².